The van der Waals surface area contributed by atoms with E-state index < -0.39 is 17.9 Å². The van der Waals surface area contributed by atoms with Crippen molar-refractivity contribution < 1.29 is 14.7 Å². The molecule has 0 aliphatic rings. The number of aryl methyl sites for hydroxylation is 2. The smallest absolute Gasteiger partial charge is 0.326 e. The molecule has 6 nitrogen and oxygen atoms in total. The minimum Gasteiger partial charge on any atom is -0.480 e. The predicted molar refractivity (Wildman–Crippen MR) is 66.3 cm³/mol. The van der Waals surface area contributed by atoms with Crippen molar-refractivity contribution in [3.05, 3.63) is 17.5 Å². The topological polar surface area (TPSA) is 84.2 Å². The van der Waals surface area contributed by atoms with Crippen LogP contribution in [0.2, 0.25) is 0 Å². The van der Waals surface area contributed by atoms with Gasteiger partial charge in [-0.3, -0.25) is 9.48 Å². The third kappa shape index (κ3) is 3.58. The monoisotopic (exact) mass is 253 g/mol. The molecule has 0 saturated heterocycles. The third-order valence-electron chi connectivity index (χ3n) is 2.55. The van der Waals surface area contributed by atoms with E-state index in [1.807, 2.05) is 13.8 Å². The Kier molecular flexibility index (Phi) is 4.47. The van der Waals surface area contributed by atoms with Crippen LogP contribution in [0.5, 0.6) is 0 Å². The van der Waals surface area contributed by atoms with Gasteiger partial charge in [0.1, 0.15) is 11.7 Å². The third-order valence-corrected chi connectivity index (χ3v) is 2.55. The molecule has 0 aliphatic carbocycles. The Hall–Kier alpha value is -1.85. The van der Waals surface area contributed by atoms with Crippen molar-refractivity contribution in [1.82, 2.24) is 15.1 Å². The summed E-state index contributed by atoms with van der Waals surface area (Å²) in [6.45, 7) is 5.60. The Balaban J connectivity index is 2.78. The highest BCUT2D eigenvalue weighted by Gasteiger charge is 2.23. The fourth-order valence-electron chi connectivity index (χ4n) is 1.75. The van der Waals surface area contributed by atoms with Gasteiger partial charge in [-0.2, -0.15) is 5.10 Å². The summed E-state index contributed by atoms with van der Waals surface area (Å²) in [6.07, 6.45) is 0.401. The van der Waals surface area contributed by atoms with Gasteiger partial charge in [0.05, 0.1) is 5.69 Å². The number of carboxylic acids is 1. The zero-order valence-corrected chi connectivity index (χ0v) is 11.1. The maximum atomic E-state index is 11.9. The van der Waals surface area contributed by atoms with Crippen molar-refractivity contribution >= 4 is 11.9 Å². The van der Waals surface area contributed by atoms with Crippen molar-refractivity contribution in [2.24, 2.45) is 13.0 Å². The van der Waals surface area contributed by atoms with Crippen LogP contribution < -0.4 is 5.32 Å². The second-order valence-electron chi connectivity index (χ2n) is 4.79. The van der Waals surface area contributed by atoms with Gasteiger partial charge in [-0.05, 0) is 25.3 Å². The molecule has 2 N–H and O–H groups in total. The summed E-state index contributed by atoms with van der Waals surface area (Å²) in [5, 5.41) is 15.6. The van der Waals surface area contributed by atoms with Crippen molar-refractivity contribution in [3.8, 4) is 0 Å². The van der Waals surface area contributed by atoms with E-state index in [9.17, 15) is 9.59 Å². The molecule has 1 rings (SSSR count). The standard InChI is InChI=1S/C12H19N3O3/c1-7(2)5-9(12(17)18)13-11(16)10-6-8(3)14-15(10)4/h6-7,9H,5H2,1-4H3,(H,13,16)(H,17,18)/t9-/m1/s1. The van der Waals surface area contributed by atoms with Gasteiger partial charge in [-0.25, -0.2) is 4.79 Å². The van der Waals surface area contributed by atoms with Crippen LogP contribution in [0.3, 0.4) is 0 Å². The fraction of sp³-hybridized carbons (Fsp3) is 0.583. The van der Waals surface area contributed by atoms with Crippen molar-refractivity contribution in [3.63, 3.8) is 0 Å². The van der Waals surface area contributed by atoms with E-state index in [4.69, 9.17) is 5.11 Å². The number of aromatic nitrogens is 2. The summed E-state index contributed by atoms with van der Waals surface area (Å²) in [5.74, 6) is -1.23. The summed E-state index contributed by atoms with van der Waals surface area (Å²) in [5.41, 5.74) is 1.08. The maximum absolute atomic E-state index is 11.9. The number of aliphatic carboxylic acids is 1. The molecule has 0 bridgehead atoms. The minimum atomic E-state index is -1.02. The Bertz CT molecular complexity index is 451. The molecule has 18 heavy (non-hydrogen) atoms. The zero-order valence-electron chi connectivity index (χ0n) is 11.1. The lowest BCUT2D eigenvalue weighted by molar-refractivity contribution is -0.139. The highest BCUT2D eigenvalue weighted by Crippen LogP contribution is 2.07. The van der Waals surface area contributed by atoms with E-state index in [1.54, 1.807) is 20.0 Å². The Morgan fingerprint density at radius 2 is 2.11 bits per heavy atom. The molecule has 1 atom stereocenters. The minimum absolute atomic E-state index is 0.194. The summed E-state index contributed by atoms with van der Waals surface area (Å²) >= 11 is 0. The van der Waals surface area contributed by atoms with Crippen molar-refractivity contribution in [2.75, 3.05) is 0 Å². The normalized spacial score (nSPS) is 12.5. The van der Waals surface area contributed by atoms with Crippen LogP contribution in [-0.2, 0) is 11.8 Å². The highest BCUT2D eigenvalue weighted by molar-refractivity contribution is 5.95. The molecule has 1 aromatic heterocycles. The number of carboxylic acid groups (broad SMARTS) is 1. The van der Waals surface area contributed by atoms with Crippen LogP contribution in [0.25, 0.3) is 0 Å². The number of rotatable bonds is 5. The lowest BCUT2D eigenvalue weighted by Gasteiger charge is -2.16. The van der Waals surface area contributed by atoms with Gasteiger partial charge < -0.3 is 10.4 Å². The molecule has 0 fully saturated rings. The molecule has 0 unspecified atom stereocenters. The van der Waals surface area contributed by atoms with Gasteiger partial charge in [0, 0.05) is 7.05 Å². The molecule has 1 heterocycles. The number of carbonyl (C=O) groups excluding carboxylic acids is 1. The number of nitrogens with one attached hydrogen (secondary N) is 1. The molecule has 1 amide bonds. The molecular weight excluding hydrogens is 234 g/mol. The highest BCUT2D eigenvalue weighted by atomic mass is 16.4. The van der Waals surface area contributed by atoms with Gasteiger partial charge in [0.15, 0.2) is 0 Å². The first-order valence-corrected chi connectivity index (χ1v) is 5.85. The van der Waals surface area contributed by atoms with Crippen molar-refractivity contribution in [1.29, 1.82) is 0 Å². The quantitative estimate of drug-likeness (QED) is 0.818. The molecule has 0 radical (unpaired) electrons. The van der Waals surface area contributed by atoms with E-state index in [-0.39, 0.29) is 5.92 Å². The van der Waals surface area contributed by atoms with Crippen LogP contribution in [0.1, 0.15) is 36.5 Å². The van der Waals surface area contributed by atoms with E-state index in [0.29, 0.717) is 12.1 Å². The van der Waals surface area contributed by atoms with Crippen LogP contribution in [0.4, 0.5) is 0 Å². The summed E-state index contributed by atoms with van der Waals surface area (Å²) in [6, 6.07) is 0.761. The molecule has 0 aromatic carbocycles. The van der Waals surface area contributed by atoms with E-state index in [1.165, 1.54) is 4.68 Å². The van der Waals surface area contributed by atoms with Gasteiger partial charge in [0.25, 0.3) is 5.91 Å². The van der Waals surface area contributed by atoms with Crippen molar-refractivity contribution in [2.45, 2.75) is 33.2 Å². The predicted octanol–water partition coefficient (Wildman–Crippen LogP) is 0.958. The maximum Gasteiger partial charge on any atom is 0.326 e. The van der Waals surface area contributed by atoms with E-state index >= 15 is 0 Å². The summed E-state index contributed by atoms with van der Waals surface area (Å²) in [7, 11) is 1.65. The second-order valence-corrected chi connectivity index (χ2v) is 4.79. The SMILES string of the molecule is Cc1cc(C(=O)N[C@H](CC(C)C)C(=O)O)n(C)n1. The Morgan fingerprint density at radius 1 is 1.50 bits per heavy atom. The number of carbonyl (C=O) groups is 2. The lowest BCUT2D eigenvalue weighted by atomic mass is 10.0. The summed E-state index contributed by atoms with van der Waals surface area (Å²) < 4.78 is 1.44. The number of nitrogens with zero attached hydrogens (tertiary/aromatic N) is 2. The number of amides is 1. The molecule has 0 saturated carbocycles. The Morgan fingerprint density at radius 3 is 2.50 bits per heavy atom. The first-order chi connectivity index (χ1) is 8.31. The zero-order chi connectivity index (χ0) is 13.9. The average Bonchev–Trinajstić information content (AvgIpc) is 2.56. The van der Waals surface area contributed by atoms with Crippen LogP contribution in [-0.4, -0.2) is 32.8 Å². The van der Waals surface area contributed by atoms with Crippen LogP contribution in [0.15, 0.2) is 6.07 Å². The second kappa shape index (κ2) is 5.66. The number of hydrogen-bond acceptors (Lipinski definition) is 3. The van der Waals surface area contributed by atoms with E-state index in [0.717, 1.165) is 5.69 Å². The molecule has 6 heteroatoms. The molecule has 1 aromatic rings. The molecule has 0 aliphatic heterocycles. The fourth-order valence-corrected chi connectivity index (χ4v) is 1.75. The van der Waals surface area contributed by atoms with Gasteiger partial charge in [-0.1, -0.05) is 13.8 Å². The van der Waals surface area contributed by atoms with Gasteiger partial charge >= 0.3 is 5.97 Å². The number of hydrogen-bond donors (Lipinski definition) is 2. The summed E-state index contributed by atoms with van der Waals surface area (Å²) in [4.78, 5) is 23.0. The molecule has 100 valence electrons. The first kappa shape index (κ1) is 14.2. The van der Waals surface area contributed by atoms with Crippen LogP contribution in [0, 0.1) is 12.8 Å². The van der Waals surface area contributed by atoms with Gasteiger partial charge in [-0.15, -0.1) is 0 Å². The first-order valence-electron chi connectivity index (χ1n) is 5.85. The van der Waals surface area contributed by atoms with Gasteiger partial charge in [0.2, 0.25) is 0 Å². The average molecular weight is 253 g/mol. The molecular formula is C12H19N3O3. The van der Waals surface area contributed by atoms with E-state index in [2.05, 4.69) is 10.4 Å². The van der Waals surface area contributed by atoms with Crippen LogP contribution >= 0.6 is 0 Å². The molecule has 0 spiro atoms. The largest absolute Gasteiger partial charge is 0.480 e. The lowest BCUT2D eigenvalue weighted by Crippen LogP contribution is -2.42. The Labute approximate surface area is 106 Å².